The van der Waals surface area contributed by atoms with Gasteiger partial charge in [0.25, 0.3) is 11.8 Å². The van der Waals surface area contributed by atoms with Gasteiger partial charge < -0.3 is 9.80 Å². The van der Waals surface area contributed by atoms with E-state index in [0.717, 1.165) is 102 Å². The molecular weight excluding hydrogens is 1310 g/mol. The summed E-state index contributed by atoms with van der Waals surface area (Å²) in [6.45, 7) is 15.0. The number of hydrogen-bond donors (Lipinski definition) is 0. The van der Waals surface area contributed by atoms with Crippen LogP contribution in [-0.4, -0.2) is 44.7 Å². The maximum absolute atomic E-state index is 16.5. The summed E-state index contributed by atoms with van der Waals surface area (Å²) in [5, 5.41) is 6.27. The summed E-state index contributed by atoms with van der Waals surface area (Å²) in [4.78, 5) is 62.1. The Morgan fingerprint density at radius 2 is 0.894 bits per heavy atom. The van der Waals surface area contributed by atoms with E-state index in [-0.39, 0.29) is 11.8 Å². The molecular formula is C80H108N4O2S8. The first kappa shape index (κ1) is 73.0. The van der Waals surface area contributed by atoms with Crippen LogP contribution in [0.15, 0.2) is 95.0 Å². The number of allylic oxidation sites excluding steroid dienone is 1. The Morgan fingerprint density at radius 3 is 1.43 bits per heavy atom. The minimum absolute atomic E-state index is 0.0332. The molecule has 6 nitrogen and oxygen atoms in total. The molecule has 7 aromatic rings. The van der Waals surface area contributed by atoms with E-state index in [0.29, 0.717) is 47.2 Å². The summed E-state index contributed by atoms with van der Waals surface area (Å²) in [5.41, 5.74) is 4.03. The van der Waals surface area contributed by atoms with Crippen LogP contribution in [0.4, 0.5) is 0 Å². The van der Waals surface area contributed by atoms with Crippen molar-refractivity contribution in [1.29, 1.82) is 0 Å². The molecule has 0 fully saturated rings. The van der Waals surface area contributed by atoms with Crippen molar-refractivity contribution in [2.24, 2.45) is 17.8 Å². The number of thiazole rings is 2. The molecule has 10 heterocycles. The molecule has 4 unspecified atom stereocenters. The van der Waals surface area contributed by atoms with Crippen LogP contribution in [0.5, 0.6) is 0 Å². The number of thioether (sulfide) groups is 1. The van der Waals surface area contributed by atoms with E-state index in [9.17, 15) is 0 Å². The maximum Gasteiger partial charge on any atom is 0.261 e. The lowest BCUT2D eigenvalue weighted by atomic mass is 9.93. The van der Waals surface area contributed by atoms with Crippen molar-refractivity contribution in [3.63, 3.8) is 0 Å². The molecule has 4 atom stereocenters. The lowest BCUT2D eigenvalue weighted by molar-refractivity contribution is -0.124. The summed E-state index contributed by atoms with van der Waals surface area (Å²) in [5.74, 6) is 0.970. The molecule has 0 spiro atoms. The molecule has 0 N–H and O–H groups in total. The third-order valence-corrected chi connectivity index (χ3v) is 29.3. The molecule has 2 amide bonds. The Balaban J connectivity index is 1.07. The molecule has 0 aromatic carbocycles. The SMILES string of the molecule is CCCCCCCCC(CCCCCC)CN1C(=O)C2=C(c3ncc(-c4cc(CCCCCC)c(-c5ccc(-c6cccs6)s5)s4)s3)N(CC(CCCCCC)CCCCCCCC)C(=O)C2=C1c1ncc(C2=CC(CCCCCC)C(c3ccc(-c4cccs4)s3)S2)s1. The quantitative estimate of drug-likeness (QED) is 0.0356. The molecule has 94 heavy (non-hydrogen) atoms. The number of rotatable bonds is 46. The van der Waals surface area contributed by atoms with Gasteiger partial charge in [-0.2, -0.15) is 0 Å². The Labute approximate surface area is 598 Å². The molecule has 3 aliphatic rings. The molecule has 0 radical (unpaired) electrons. The third-order valence-electron chi connectivity index (χ3n) is 19.6. The van der Waals surface area contributed by atoms with Gasteiger partial charge in [0.2, 0.25) is 0 Å². The van der Waals surface area contributed by atoms with Crippen LogP contribution in [0.3, 0.4) is 0 Å². The smallest absolute Gasteiger partial charge is 0.261 e. The van der Waals surface area contributed by atoms with E-state index in [1.54, 1.807) is 22.7 Å². The molecule has 508 valence electrons. The normalized spacial score (nSPS) is 16.5. The summed E-state index contributed by atoms with van der Waals surface area (Å²) >= 11 is 14.8. The van der Waals surface area contributed by atoms with Crippen molar-refractivity contribution in [3.8, 4) is 39.0 Å². The van der Waals surface area contributed by atoms with E-state index in [1.807, 2.05) is 68.4 Å². The largest absolute Gasteiger partial charge is 0.304 e. The van der Waals surface area contributed by atoms with Crippen LogP contribution in [-0.2, 0) is 16.0 Å². The second-order valence-corrected chi connectivity index (χ2v) is 35.5. The zero-order valence-corrected chi connectivity index (χ0v) is 64.3. The Hall–Kier alpha value is -3.73. The third kappa shape index (κ3) is 19.4. The number of hydrogen-bond acceptors (Lipinski definition) is 12. The van der Waals surface area contributed by atoms with Gasteiger partial charge in [0.15, 0.2) is 0 Å². The number of nitrogens with zero attached hydrogens (tertiary/aromatic N) is 4. The Kier molecular flexibility index (Phi) is 30.0. The summed E-state index contributed by atoms with van der Waals surface area (Å²) in [6, 6.07) is 20.6. The predicted molar refractivity (Wildman–Crippen MR) is 418 cm³/mol. The van der Waals surface area contributed by atoms with E-state index in [4.69, 9.17) is 9.97 Å². The molecule has 0 saturated carbocycles. The van der Waals surface area contributed by atoms with Crippen LogP contribution in [0.1, 0.15) is 284 Å². The van der Waals surface area contributed by atoms with Crippen LogP contribution in [0.25, 0.3) is 55.3 Å². The van der Waals surface area contributed by atoms with Crippen LogP contribution >= 0.6 is 91.1 Å². The lowest BCUT2D eigenvalue weighted by Gasteiger charge is -2.29. The second-order valence-electron chi connectivity index (χ2n) is 27.1. The minimum atomic E-state index is -0.0332. The first-order valence-corrected chi connectivity index (χ1v) is 43.8. The summed E-state index contributed by atoms with van der Waals surface area (Å²) < 4.78 is 0. The van der Waals surface area contributed by atoms with Gasteiger partial charge in [-0.3, -0.25) is 9.59 Å². The average molecular weight is 1410 g/mol. The van der Waals surface area contributed by atoms with Crippen molar-refractivity contribution < 1.29 is 9.59 Å². The number of fused-ring (bicyclic) bond motifs is 1. The Bertz CT molecular complexity index is 3490. The van der Waals surface area contributed by atoms with Gasteiger partial charge in [0.1, 0.15) is 10.0 Å². The van der Waals surface area contributed by atoms with E-state index >= 15 is 9.59 Å². The van der Waals surface area contributed by atoms with Gasteiger partial charge in [-0.1, -0.05) is 233 Å². The standard InChI is InChI=1S/C80H108N4O2S8/c1-7-13-19-25-27-31-39-57(37-29-21-15-9-3)55-83-73(77-81-53-69(93-77)67-51-59(41-33-23-17-11-5)75(91-67)65-47-45-63(89-65)61-43-35-49-87-61)71-72(79(83)85)74(84(80(71)86)56-58(38-30-22-16-10-4)40-32-28-26-20-14-8-2)78-82-54-70(94-78)68-52-60(42-34-24-18-12-6)76(92-68)66-48-46-64(90-66)62-44-36-50-88-62/h35-36,43-54,57-59,75H,7-34,37-42,55-56H2,1-6H3. The summed E-state index contributed by atoms with van der Waals surface area (Å²) in [6.07, 6.45) is 47.6. The van der Waals surface area contributed by atoms with Gasteiger partial charge >= 0.3 is 0 Å². The number of aromatic nitrogens is 2. The Morgan fingerprint density at radius 1 is 0.436 bits per heavy atom. The van der Waals surface area contributed by atoms with Gasteiger partial charge in [0, 0.05) is 69.4 Å². The number of amides is 2. The molecule has 14 heteroatoms. The van der Waals surface area contributed by atoms with Gasteiger partial charge in [0.05, 0.1) is 37.5 Å². The fourth-order valence-corrected chi connectivity index (χ4v) is 23.1. The monoisotopic (exact) mass is 1410 g/mol. The van der Waals surface area contributed by atoms with E-state index in [1.165, 1.54) is 197 Å². The molecule has 7 aromatic heterocycles. The number of carbonyl (C=O) groups is 2. The number of aryl methyl sites for hydroxylation is 1. The average Bonchev–Trinajstić information content (AvgIpc) is 1.55. The fourth-order valence-electron chi connectivity index (χ4n) is 14.3. The number of unbranched alkanes of at least 4 members (excludes halogenated alkanes) is 22. The zero-order valence-electron chi connectivity index (χ0n) is 57.7. The molecule has 0 bridgehead atoms. The number of thiophene rings is 5. The highest BCUT2D eigenvalue weighted by atomic mass is 32.2. The van der Waals surface area contributed by atoms with Gasteiger partial charge in [-0.05, 0) is 121 Å². The predicted octanol–water partition coefficient (Wildman–Crippen LogP) is 27.6. The minimum Gasteiger partial charge on any atom is -0.304 e. The zero-order chi connectivity index (χ0) is 65.4. The van der Waals surface area contributed by atoms with Crippen LogP contribution in [0.2, 0.25) is 0 Å². The summed E-state index contributed by atoms with van der Waals surface area (Å²) in [7, 11) is 0. The molecule has 3 aliphatic heterocycles. The fraction of sp³-hybridized carbons (Fsp3) is 0.575. The maximum atomic E-state index is 16.5. The van der Waals surface area contributed by atoms with Gasteiger partial charge in [-0.25, -0.2) is 9.97 Å². The van der Waals surface area contributed by atoms with E-state index in [2.05, 4.69) is 135 Å². The second kappa shape index (κ2) is 38.6. The van der Waals surface area contributed by atoms with Crippen molar-refractivity contribution in [1.82, 2.24) is 19.8 Å². The lowest BCUT2D eigenvalue weighted by Crippen LogP contribution is -2.35. The van der Waals surface area contributed by atoms with Crippen molar-refractivity contribution in [2.75, 3.05) is 13.1 Å². The topological polar surface area (TPSA) is 66.4 Å². The van der Waals surface area contributed by atoms with Crippen LogP contribution < -0.4 is 0 Å². The highest BCUT2D eigenvalue weighted by Crippen LogP contribution is 2.57. The van der Waals surface area contributed by atoms with Gasteiger partial charge in [-0.15, -0.1) is 91.1 Å². The highest BCUT2D eigenvalue weighted by molar-refractivity contribution is 8.09. The highest BCUT2D eigenvalue weighted by Gasteiger charge is 2.51. The first-order valence-electron chi connectivity index (χ1n) is 37.1. The van der Waals surface area contributed by atoms with Crippen molar-refractivity contribution in [3.05, 3.63) is 120 Å². The first-order chi connectivity index (χ1) is 46.2. The molecule has 10 rings (SSSR count). The van der Waals surface area contributed by atoms with E-state index < -0.39 is 0 Å². The number of carbonyl (C=O) groups excluding carboxylic acids is 2. The van der Waals surface area contributed by atoms with Crippen molar-refractivity contribution in [2.45, 2.75) is 265 Å². The molecule has 0 aliphatic carbocycles. The van der Waals surface area contributed by atoms with Crippen LogP contribution in [0, 0.1) is 17.8 Å². The van der Waals surface area contributed by atoms with Crippen molar-refractivity contribution >= 4 is 119 Å². The molecule has 0 saturated heterocycles.